The van der Waals surface area contributed by atoms with E-state index >= 15 is 0 Å². The van der Waals surface area contributed by atoms with Crippen molar-refractivity contribution < 1.29 is 14.3 Å². The van der Waals surface area contributed by atoms with Crippen LogP contribution in [-0.4, -0.2) is 72.3 Å². The number of amides is 1. The molecule has 26 heavy (non-hydrogen) atoms. The van der Waals surface area contributed by atoms with Gasteiger partial charge in [0.05, 0.1) is 35.4 Å². The first-order chi connectivity index (χ1) is 12.6. The molecular weight excluding hydrogens is 350 g/mol. The van der Waals surface area contributed by atoms with E-state index in [1.807, 2.05) is 0 Å². The third kappa shape index (κ3) is 4.11. The number of carbonyl (C=O) groups is 1. The Morgan fingerprint density at radius 2 is 2.27 bits per heavy atom. The summed E-state index contributed by atoms with van der Waals surface area (Å²) in [4.78, 5) is 21.9. The first kappa shape index (κ1) is 18.3. The zero-order valence-electron chi connectivity index (χ0n) is 15.6. The second-order valence-electron chi connectivity index (χ2n) is 7.84. The lowest BCUT2D eigenvalue weighted by atomic mass is 9.92. The highest BCUT2D eigenvalue weighted by Crippen LogP contribution is 2.31. The van der Waals surface area contributed by atoms with E-state index < -0.39 is 0 Å². The predicted octanol–water partition coefficient (Wildman–Crippen LogP) is 2.07. The van der Waals surface area contributed by atoms with Crippen LogP contribution < -0.4 is 0 Å². The molecule has 0 radical (unpaired) electrons. The summed E-state index contributed by atoms with van der Waals surface area (Å²) in [5.74, 6) is 0.353. The van der Waals surface area contributed by atoms with Crippen molar-refractivity contribution in [1.82, 2.24) is 14.8 Å². The maximum atomic E-state index is 12.7. The quantitative estimate of drug-likeness (QED) is 0.805. The highest BCUT2D eigenvalue weighted by atomic mass is 32.1. The molecule has 4 rings (SSSR count). The number of hydrogen-bond acceptors (Lipinski definition) is 6. The fourth-order valence-corrected chi connectivity index (χ4v) is 5.05. The molecule has 0 N–H and O–H groups in total. The minimum atomic E-state index is -0.107. The summed E-state index contributed by atoms with van der Waals surface area (Å²) in [7, 11) is 0. The molecule has 1 amide bonds. The third-order valence-corrected chi connectivity index (χ3v) is 6.69. The van der Waals surface area contributed by atoms with Crippen LogP contribution in [0, 0.1) is 12.8 Å². The van der Waals surface area contributed by atoms with Gasteiger partial charge in [-0.15, -0.1) is 11.3 Å². The smallest absolute Gasteiger partial charge is 0.228 e. The summed E-state index contributed by atoms with van der Waals surface area (Å²) >= 11 is 1.72. The maximum Gasteiger partial charge on any atom is 0.228 e. The molecule has 3 aliphatic heterocycles. The van der Waals surface area contributed by atoms with Crippen molar-refractivity contribution >= 4 is 17.2 Å². The van der Waals surface area contributed by atoms with Crippen LogP contribution in [0.25, 0.3) is 0 Å². The van der Waals surface area contributed by atoms with E-state index in [1.54, 1.807) is 11.3 Å². The number of ether oxygens (including phenoxy) is 2. The zero-order valence-corrected chi connectivity index (χ0v) is 16.4. The monoisotopic (exact) mass is 379 g/mol. The standard InChI is InChI=1S/C19H29N3O3S/c1-15-20-17(13-26-15)11-21-8-10-25-19(14-21)4-2-6-22(7-5-19)18(23)16-3-9-24-12-16/h13,16H,2-12,14H2,1H3. The van der Waals surface area contributed by atoms with Gasteiger partial charge in [0, 0.05) is 44.7 Å². The highest BCUT2D eigenvalue weighted by molar-refractivity contribution is 7.09. The molecule has 0 aliphatic carbocycles. The molecule has 0 aromatic carbocycles. The molecule has 1 spiro atoms. The van der Waals surface area contributed by atoms with E-state index in [4.69, 9.17) is 9.47 Å². The van der Waals surface area contributed by atoms with Crippen LogP contribution in [0.3, 0.4) is 0 Å². The fraction of sp³-hybridized carbons (Fsp3) is 0.789. The largest absolute Gasteiger partial charge is 0.381 e. The minimum Gasteiger partial charge on any atom is -0.381 e. The van der Waals surface area contributed by atoms with Crippen molar-refractivity contribution in [2.45, 2.75) is 44.8 Å². The summed E-state index contributed by atoms with van der Waals surface area (Å²) in [6.07, 6.45) is 3.85. The number of hydrogen-bond donors (Lipinski definition) is 0. The topological polar surface area (TPSA) is 54.9 Å². The van der Waals surface area contributed by atoms with E-state index in [2.05, 4.69) is 27.1 Å². The molecule has 7 heteroatoms. The van der Waals surface area contributed by atoms with Crippen LogP contribution in [0.1, 0.15) is 36.4 Å². The molecule has 144 valence electrons. The Hall–Kier alpha value is -1.02. The van der Waals surface area contributed by atoms with Gasteiger partial charge in [-0.2, -0.15) is 0 Å². The van der Waals surface area contributed by atoms with Crippen LogP contribution in [0.2, 0.25) is 0 Å². The lowest BCUT2D eigenvalue weighted by Gasteiger charge is -2.42. The van der Waals surface area contributed by atoms with Gasteiger partial charge in [-0.3, -0.25) is 9.69 Å². The van der Waals surface area contributed by atoms with Gasteiger partial charge in [0.15, 0.2) is 0 Å². The predicted molar refractivity (Wildman–Crippen MR) is 100 cm³/mol. The van der Waals surface area contributed by atoms with Gasteiger partial charge in [0.25, 0.3) is 0 Å². The normalized spacial score (nSPS) is 30.7. The van der Waals surface area contributed by atoms with E-state index in [-0.39, 0.29) is 17.4 Å². The number of carbonyl (C=O) groups excluding carboxylic acids is 1. The molecule has 4 heterocycles. The number of nitrogens with zero attached hydrogens (tertiary/aromatic N) is 3. The van der Waals surface area contributed by atoms with Gasteiger partial charge in [-0.1, -0.05) is 0 Å². The van der Waals surface area contributed by atoms with E-state index in [1.165, 1.54) is 0 Å². The SMILES string of the molecule is Cc1nc(CN2CCOC3(CCCN(C(=O)C4CCOC4)CC3)C2)cs1. The summed E-state index contributed by atoms with van der Waals surface area (Å²) in [5.41, 5.74) is 1.06. The van der Waals surface area contributed by atoms with Crippen molar-refractivity contribution in [2.75, 3.05) is 46.0 Å². The van der Waals surface area contributed by atoms with Crippen LogP contribution in [0.15, 0.2) is 5.38 Å². The van der Waals surface area contributed by atoms with E-state index in [0.29, 0.717) is 6.61 Å². The molecule has 3 aliphatic rings. The van der Waals surface area contributed by atoms with Crippen LogP contribution in [0.5, 0.6) is 0 Å². The fourth-order valence-electron chi connectivity index (χ4n) is 4.45. The molecule has 0 saturated carbocycles. The Labute approximate surface area is 159 Å². The second kappa shape index (κ2) is 7.92. The number of morpholine rings is 1. The lowest BCUT2D eigenvalue weighted by molar-refractivity contribution is -0.136. The van der Waals surface area contributed by atoms with E-state index in [9.17, 15) is 4.79 Å². The zero-order chi connectivity index (χ0) is 18.0. The van der Waals surface area contributed by atoms with Gasteiger partial charge in [0.1, 0.15) is 0 Å². The van der Waals surface area contributed by atoms with Gasteiger partial charge in [-0.25, -0.2) is 4.98 Å². The molecular formula is C19H29N3O3S. The molecule has 2 atom stereocenters. The van der Waals surface area contributed by atoms with E-state index in [0.717, 1.165) is 82.3 Å². The van der Waals surface area contributed by atoms with Crippen molar-refractivity contribution in [2.24, 2.45) is 5.92 Å². The van der Waals surface area contributed by atoms with Crippen molar-refractivity contribution in [1.29, 1.82) is 0 Å². The molecule has 1 aromatic rings. The Kier molecular flexibility index (Phi) is 5.59. The second-order valence-corrected chi connectivity index (χ2v) is 8.90. The van der Waals surface area contributed by atoms with Crippen molar-refractivity contribution in [3.8, 4) is 0 Å². The van der Waals surface area contributed by atoms with Crippen LogP contribution in [-0.2, 0) is 20.8 Å². The number of thiazole rings is 1. The Morgan fingerprint density at radius 3 is 3.04 bits per heavy atom. The Balaban J connectivity index is 1.36. The van der Waals surface area contributed by atoms with Gasteiger partial charge in [-0.05, 0) is 32.6 Å². The minimum absolute atomic E-state index is 0.0701. The Morgan fingerprint density at radius 1 is 1.35 bits per heavy atom. The summed E-state index contributed by atoms with van der Waals surface area (Å²) in [6.45, 7) is 8.61. The number of aryl methyl sites for hydroxylation is 1. The van der Waals surface area contributed by atoms with Crippen LogP contribution >= 0.6 is 11.3 Å². The van der Waals surface area contributed by atoms with Crippen LogP contribution in [0.4, 0.5) is 0 Å². The van der Waals surface area contributed by atoms with Gasteiger partial charge < -0.3 is 14.4 Å². The molecule has 6 nitrogen and oxygen atoms in total. The number of rotatable bonds is 3. The summed E-state index contributed by atoms with van der Waals surface area (Å²) < 4.78 is 11.7. The average Bonchev–Trinajstić information content (AvgIpc) is 3.26. The first-order valence-electron chi connectivity index (χ1n) is 9.77. The third-order valence-electron chi connectivity index (χ3n) is 5.87. The molecule has 0 bridgehead atoms. The van der Waals surface area contributed by atoms with Gasteiger partial charge >= 0.3 is 0 Å². The van der Waals surface area contributed by atoms with Gasteiger partial charge in [0.2, 0.25) is 5.91 Å². The van der Waals surface area contributed by atoms with Crippen molar-refractivity contribution in [3.63, 3.8) is 0 Å². The maximum absolute atomic E-state index is 12.7. The molecule has 1 aromatic heterocycles. The molecule has 2 unspecified atom stereocenters. The highest BCUT2D eigenvalue weighted by Gasteiger charge is 2.39. The lowest BCUT2D eigenvalue weighted by Crippen LogP contribution is -2.52. The molecule has 3 fully saturated rings. The molecule has 3 saturated heterocycles. The summed E-state index contributed by atoms with van der Waals surface area (Å²) in [5, 5.41) is 3.29. The average molecular weight is 380 g/mol. The number of likely N-dealkylation sites (tertiary alicyclic amines) is 1. The number of aromatic nitrogens is 1. The summed E-state index contributed by atoms with van der Waals surface area (Å²) in [6, 6.07) is 0. The Bertz CT molecular complexity index is 631. The first-order valence-corrected chi connectivity index (χ1v) is 10.7. The van der Waals surface area contributed by atoms with Crippen molar-refractivity contribution in [3.05, 3.63) is 16.1 Å².